The molecule has 4 unspecified atom stereocenters. The highest BCUT2D eigenvalue weighted by molar-refractivity contribution is 4.89. The second-order valence-electron chi connectivity index (χ2n) is 4.71. The van der Waals surface area contributed by atoms with E-state index in [0.717, 1.165) is 23.7 Å². The summed E-state index contributed by atoms with van der Waals surface area (Å²) in [6.45, 7) is 4.82. The third-order valence-electron chi connectivity index (χ3n) is 4.18. The lowest BCUT2D eigenvalue weighted by atomic mass is 9.59. The van der Waals surface area contributed by atoms with E-state index in [1.165, 1.54) is 6.42 Å². The zero-order valence-corrected chi connectivity index (χ0v) is 7.84. The summed E-state index contributed by atoms with van der Waals surface area (Å²) in [4.78, 5) is 0. The molecule has 0 nitrogen and oxygen atoms in total. The van der Waals surface area contributed by atoms with Crippen molar-refractivity contribution in [1.29, 1.82) is 0 Å². The lowest BCUT2D eigenvalue weighted by Crippen LogP contribution is -2.36. The molecule has 0 aromatic carbocycles. The summed E-state index contributed by atoms with van der Waals surface area (Å²) >= 11 is 0. The van der Waals surface area contributed by atoms with E-state index in [4.69, 9.17) is 0 Å². The molecule has 2 rings (SSSR count). The first kappa shape index (κ1) is 7.64. The minimum absolute atomic E-state index is 1.03. The highest BCUT2D eigenvalue weighted by atomic mass is 14.4. The van der Waals surface area contributed by atoms with Gasteiger partial charge in [0.15, 0.2) is 0 Å². The Morgan fingerprint density at radius 1 is 1.09 bits per heavy atom. The predicted octanol–water partition coefficient (Wildman–Crippen LogP) is 3.47. The highest BCUT2D eigenvalue weighted by Gasteiger charge is 2.39. The van der Waals surface area contributed by atoms with Gasteiger partial charge in [-0.25, -0.2) is 0 Å². The molecule has 0 N–H and O–H groups in total. The van der Waals surface area contributed by atoms with Crippen molar-refractivity contribution in [2.75, 3.05) is 0 Å². The zero-order chi connectivity index (χ0) is 7.84. The lowest BCUT2D eigenvalue weighted by Gasteiger charge is -2.46. The molecule has 11 heavy (non-hydrogen) atoms. The first-order chi connectivity index (χ1) is 5.31. The Morgan fingerprint density at radius 3 is 2.27 bits per heavy atom. The average Bonchev–Trinajstić information content (AvgIpc) is 1.97. The van der Waals surface area contributed by atoms with Crippen molar-refractivity contribution in [3.05, 3.63) is 0 Å². The van der Waals surface area contributed by atoms with Crippen molar-refractivity contribution in [1.82, 2.24) is 0 Å². The number of hydrogen-bond donors (Lipinski definition) is 0. The molecule has 0 amide bonds. The van der Waals surface area contributed by atoms with Gasteiger partial charge in [-0.05, 0) is 49.4 Å². The van der Waals surface area contributed by atoms with Gasteiger partial charge >= 0.3 is 0 Å². The Morgan fingerprint density at radius 2 is 1.73 bits per heavy atom. The van der Waals surface area contributed by atoms with E-state index < -0.39 is 0 Å². The van der Waals surface area contributed by atoms with Gasteiger partial charge in [0.25, 0.3) is 0 Å². The SMILES string of the molecule is CCC1CC2CCC2CC1C. The third kappa shape index (κ3) is 1.21. The molecular formula is C11H20. The third-order valence-corrected chi connectivity index (χ3v) is 4.18. The topological polar surface area (TPSA) is 0 Å². The Labute approximate surface area is 70.4 Å². The molecular weight excluding hydrogens is 132 g/mol. The summed E-state index contributed by atoms with van der Waals surface area (Å²) in [5.41, 5.74) is 0. The van der Waals surface area contributed by atoms with Crippen LogP contribution in [-0.4, -0.2) is 0 Å². The van der Waals surface area contributed by atoms with Gasteiger partial charge in [0, 0.05) is 0 Å². The van der Waals surface area contributed by atoms with Crippen LogP contribution in [0.2, 0.25) is 0 Å². The van der Waals surface area contributed by atoms with E-state index in [1.54, 1.807) is 25.7 Å². The molecule has 0 heteroatoms. The van der Waals surface area contributed by atoms with Crippen LogP contribution in [0, 0.1) is 23.7 Å². The van der Waals surface area contributed by atoms with Crippen molar-refractivity contribution < 1.29 is 0 Å². The van der Waals surface area contributed by atoms with Crippen LogP contribution >= 0.6 is 0 Å². The van der Waals surface area contributed by atoms with E-state index in [9.17, 15) is 0 Å². The molecule has 64 valence electrons. The van der Waals surface area contributed by atoms with Crippen molar-refractivity contribution >= 4 is 0 Å². The maximum Gasteiger partial charge on any atom is -0.0383 e. The molecule has 2 saturated carbocycles. The van der Waals surface area contributed by atoms with Crippen molar-refractivity contribution in [2.24, 2.45) is 23.7 Å². The molecule has 0 heterocycles. The number of rotatable bonds is 1. The molecule has 0 radical (unpaired) electrons. The summed E-state index contributed by atoms with van der Waals surface area (Å²) in [5, 5.41) is 0. The molecule has 0 saturated heterocycles. The lowest BCUT2D eigenvalue weighted by molar-refractivity contribution is 0.0408. The Balaban J connectivity index is 1.94. The fourth-order valence-electron chi connectivity index (χ4n) is 3.12. The van der Waals surface area contributed by atoms with Gasteiger partial charge in [-0.1, -0.05) is 20.3 Å². The molecule has 0 aliphatic heterocycles. The Kier molecular flexibility index (Phi) is 1.95. The molecule has 0 aromatic heterocycles. The first-order valence-electron chi connectivity index (χ1n) is 5.31. The molecule has 0 bridgehead atoms. The quantitative estimate of drug-likeness (QED) is 0.539. The molecule has 0 aromatic rings. The molecule has 0 spiro atoms. The molecule has 4 atom stereocenters. The standard InChI is InChI=1S/C11H20/c1-3-9-7-11-5-4-10(11)6-8(9)2/h8-11H,3-7H2,1-2H3. The minimum Gasteiger partial charge on any atom is -0.0651 e. The van der Waals surface area contributed by atoms with E-state index in [-0.39, 0.29) is 0 Å². The smallest absolute Gasteiger partial charge is 0.0383 e. The summed E-state index contributed by atoms with van der Waals surface area (Å²) in [6.07, 6.45) is 7.62. The Bertz CT molecular complexity index is 139. The van der Waals surface area contributed by atoms with Crippen molar-refractivity contribution in [2.45, 2.75) is 46.0 Å². The van der Waals surface area contributed by atoms with Gasteiger partial charge in [0.1, 0.15) is 0 Å². The summed E-state index contributed by atoms with van der Waals surface area (Å²) < 4.78 is 0. The minimum atomic E-state index is 1.03. The first-order valence-corrected chi connectivity index (χ1v) is 5.31. The summed E-state index contributed by atoms with van der Waals surface area (Å²) in [6, 6.07) is 0. The zero-order valence-electron chi connectivity index (χ0n) is 7.84. The van der Waals surface area contributed by atoms with E-state index in [1.807, 2.05) is 0 Å². The maximum absolute atomic E-state index is 2.46. The van der Waals surface area contributed by atoms with Gasteiger partial charge in [-0.2, -0.15) is 0 Å². The Hall–Kier alpha value is 0. The number of fused-ring (bicyclic) bond motifs is 1. The normalized spacial score (nSPS) is 49.6. The van der Waals surface area contributed by atoms with Crippen LogP contribution in [0.15, 0.2) is 0 Å². The molecule has 2 aliphatic carbocycles. The van der Waals surface area contributed by atoms with Gasteiger partial charge < -0.3 is 0 Å². The van der Waals surface area contributed by atoms with Crippen LogP contribution in [0.5, 0.6) is 0 Å². The van der Waals surface area contributed by atoms with Gasteiger partial charge in [0.2, 0.25) is 0 Å². The fourth-order valence-corrected chi connectivity index (χ4v) is 3.12. The second kappa shape index (κ2) is 2.80. The van der Waals surface area contributed by atoms with Gasteiger partial charge in [-0.15, -0.1) is 0 Å². The molecule has 2 aliphatic rings. The predicted molar refractivity (Wildman–Crippen MR) is 48.4 cm³/mol. The number of hydrogen-bond acceptors (Lipinski definition) is 0. The fraction of sp³-hybridized carbons (Fsp3) is 1.00. The summed E-state index contributed by atoms with van der Waals surface area (Å²) in [7, 11) is 0. The average molecular weight is 152 g/mol. The van der Waals surface area contributed by atoms with Crippen LogP contribution in [-0.2, 0) is 0 Å². The largest absolute Gasteiger partial charge is 0.0651 e. The van der Waals surface area contributed by atoms with Crippen molar-refractivity contribution in [3.63, 3.8) is 0 Å². The van der Waals surface area contributed by atoms with Gasteiger partial charge in [0.05, 0.1) is 0 Å². The van der Waals surface area contributed by atoms with E-state index in [2.05, 4.69) is 13.8 Å². The van der Waals surface area contributed by atoms with Crippen molar-refractivity contribution in [3.8, 4) is 0 Å². The second-order valence-corrected chi connectivity index (χ2v) is 4.71. The summed E-state index contributed by atoms with van der Waals surface area (Å²) in [5.74, 6) is 4.39. The van der Waals surface area contributed by atoms with E-state index >= 15 is 0 Å². The molecule has 2 fully saturated rings. The van der Waals surface area contributed by atoms with Crippen LogP contribution in [0.3, 0.4) is 0 Å². The van der Waals surface area contributed by atoms with Crippen LogP contribution < -0.4 is 0 Å². The highest BCUT2D eigenvalue weighted by Crippen LogP contribution is 2.49. The maximum atomic E-state index is 2.46. The van der Waals surface area contributed by atoms with E-state index in [0.29, 0.717) is 0 Å². The van der Waals surface area contributed by atoms with Gasteiger partial charge in [-0.3, -0.25) is 0 Å². The van der Waals surface area contributed by atoms with Crippen LogP contribution in [0.4, 0.5) is 0 Å². The van der Waals surface area contributed by atoms with Crippen LogP contribution in [0.1, 0.15) is 46.0 Å². The monoisotopic (exact) mass is 152 g/mol. The van der Waals surface area contributed by atoms with Crippen LogP contribution in [0.25, 0.3) is 0 Å².